The van der Waals surface area contributed by atoms with Crippen LogP contribution in [0.25, 0.3) is 5.57 Å². The standard InChI is InChI=1S/C12H13N/c1-3-11-6-4-5-7-12(11)10(2)8-9-13/h1,4-7H,2,8-9,13H2. The van der Waals surface area contributed by atoms with Gasteiger partial charge in [0, 0.05) is 5.56 Å². The van der Waals surface area contributed by atoms with Crippen LogP contribution in [-0.4, -0.2) is 6.54 Å². The summed E-state index contributed by atoms with van der Waals surface area (Å²) in [5.41, 5.74) is 8.38. The third kappa shape index (κ3) is 2.21. The highest BCUT2D eigenvalue weighted by Gasteiger charge is 2.01. The molecule has 2 N–H and O–H groups in total. The van der Waals surface area contributed by atoms with Crippen molar-refractivity contribution in [3.8, 4) is 12.3 Å². The summed E-state index contributed by atoms with van der Waals surface area (Å²) in [5.74, 6) is 2.63. The minimum absolute atomic E-state index is 0.609. The molecule has 0 aliphatic carbocycles. The molecule has 0 aliphatic rings. The molecule has 0 amide bonds. The quantitative estimate of drug-likeness (QED) is 0.692. The van der Waals surface area contributed by atoms with Gasteiger partial charge in [-0.25, -0.2) is 0 Å². The highest BCUT2D eigenvalue weighted by atomic mass is 14.5. The molecule has 0 heterocycles. The Bertz CT molecular complexity index is 344. The van der Waals surface area contributed by atoms with Gasteiger partial charge in [-0.2, -0.15) is 0 Å². The van der Waals surface area contributed by atoms with Crippen molar-refractivity contribution in [2.45, 2.75) is 6.42 Å². The zero-order chi connectivity index (χ0) is 9.68. The maximum atomic E-state index is 5.45. The van der Waals surface area contributed by atoms with E-state index in [1.54, 1.807) is 0 Å². The molecule has 1 nitrogen and oxygen atoms in total. The Morgan fingerprint density at radius 2 is 2.15 bits per heavy atom. The van der Waals surface area contributed by atoms with Crippen molar-refractivity contribution < 1.29 is 0 Å². The van der Waals surface area contributed by atoms with Crippen molar-refractivity contribution in [2.75, 3.05) is 6.54 Å². The molecule has 0 saturated carbocycles. The Hall–Kier alpha value is -1.52. The summed E-state index contributed by atoms with van der Waals surface area (Å²) in [6, 6.07) is 7.77. The summed E-state index contributed by atoms with van der Waals surface area (Å²) >= 11 is 0. The third-order valence-corrected chi connectivity index (χ3v) is 1.91. The van der Waals surface area contributed by atoms with Gasteiger partial charge in [-0.1, -0.05) is 30.7 Å². The van der Waals surface area contributed by atoms with Gasteiger partial charge in [-0.3, -0.25) is 0 Å². The molecular weight excluding hydrogens is 158 g/mol. The molecule has 0 radical (unpaired) electrons. The van der Waals surface area contributed by atoms with Crippen LogP contribution in [0.1, 0.15) is 17.5 Å². The van der Waals surface area contributed by atoms with E-state index in [-0.39, 0.29) is 0 Å². The van der Waals surface area contributed by atoms with Gasteiger partial charge in [0.1, 0.15) is 0 Å². The average molecular weight is 171 g/mol. The first-order valence-corrected chi connectivity index (χ1v) is 4.23. The lowest BCUT2D eigenvalue weighted by Gasteiger charge is -2.06. The smallest absolute Gasteiger partial charge is 0.0317 e. The highest BCUT2D eigenvalue weighted by molar-refractivity contribution is 5.69. The van der Waals surface area contributed by atoms with E-state index >= 15 is 0 Å². The van der Waals surface area contributed by atoms with Crippen LogP contribution >= 0.6 is 0 Å². The number of benzene rings is 1. The fourth-order valence-corrected chi connectivity index (χ4v) is 1.23. The van der Waals surface area contributed by atoms with Crippen molar-refractivity contribution in [1.29, 1.82) is 0 Å². The van der Waals surface area contributed by atoms with Crippen molar-refractivity contribution >= 4 is 5.57 Å². The molecule has 66 valence electrons. The summed E-state index contributed by atoms with van der Waals surface area (Å²) in [4.78, 5) is 0. The summed E-state index contributed by atoms with van der Waals surface area (Å²) in [6.45, 7) is 4.56. The van der Waals surface area contributed by atoms with E-state index in [1.165, 1.54) is 0 Å². The minimum Gasteiger partial charge on any atom is -0.330 e. The molecule has 1 aromatic carbocycles. The van der Waals surface area contributed by atoms with Crippen LogP contribution in [0.4, 0.5) is 0 Å². The summed E-state index contributed by atoms with van der Waals surface area (Å²) < 4.78 is 0. The predicted octanol–water partition coefficient (Wildman–Crippen LogP) is 2.03. The number of hydrogen-bond donors (Lipinski definition) is 1. The molecule has 0 aliphatic heterocycles. The fraction of sp³-hybridized carbons (Fsp3) is 0.167. The molecule has 0 saturated heterocycles. The summed E-state index contributed by atoms with van der Waals surface area (Å²) in [7, 11) is 0. The first kappa shape index (κ1) is 9.57. The molecule has 0 atom stereocenters. The Kier molecular flexibility index (Phi) is 3.31. The second kappa shape index (κ2) is 4.49. The predicted molar refractivity (Wildman–Crippen MR) is 57.1 cm³/mol. The highest BCUT2D eigenvalue weighted by Crippen LogP contribution is 2.18. The largest absolute Gasteiger partial charge is 0.330 e. The number of hydrogen-bond acceptors (Lipinski definition) is 1. The molecule has 1 aromatic rings. The van der Waals surface area contributed by atoms with Crippen LogP contribution in [0.3, 0.4) is 0 Å². The maximum absolute atomic E-state index is 5.45. The minimum atomic E-state index is 0.609. The number of nitrogens with two attached hydrogens (primary N) is 1. The van der Waals surface area contributed by atoms with Gasteiger partial charge in [0.25, 0.3) is 0 Å². The van der Waals surface area contributed by atoms with Crippen molar-refractivity contribution in [2.24, 2.45) is 5.73 Å². The van der Waals surface area contributed by atoms with Crippen LogP contribution in [0.15, 0.2) is 30.8 Å². The van der Waals surface area contributed by atoms with Gasteiger partial charge in [-0.05, 0) is 30.2 Å². The lowest BCUT2D eigenvalue weighted by atomic mass is 9.99. The van der Waals surface area contributed by atoms with E-state index in [2.05, 4.69) is 12.5 Å². The first-order valence-electron chi connectivity index (χ1n) is 4.23. The number of rotatable bonds is 3. The molecule has 0 fully saturated rings. The van der Waals surface area contributed by atoms with Crippen molar-refractivity contribution in [3.63, 3.8) is 0 Å². The van der Waals surface area contributed by atoms with Crippen molar-refractivity contribution in [3.05, 3.63) is 42.0 Å². The SMILES string of the molecule is C#Cc1ccccc1C(=C)CCN. The Balaban J connectivity index is 3.01. The molecule has 0 aromatic heterocycles. The maximum Gasteiger partial charge on any atom is 0.0317 e. The van der Waals surface area contributed by atoms with Crippen LogP contribution in [0.5, 0.6) is 0 Å². The van der Waals surface area contributed by atoms with Gasteiger partial charge in [-0.15, -0.1) is 6.42 Å². The number of terminal acetylenes is 1. The molecule has 1 rings (SSSR count). The van der Waals surface area contributed by atoms with Crippen LogP contribution in [0, 0.1) is 12.3 Å². The second-order valence-corrected chi connectivity index (χ2v) is 2.83. The van der Waals surface area contributed by atoms with Gasteiger partial charge in [0.05, 0.1) is 0 Å². The zero-order valence-corrected chi connectivity index (χ0v) is 7.59. The van der Waals surface area contributed by atoms with E-state index in [4.69, 9.17) is 12.2 Å². The monoisotopic (exact) mass is 171 g/mol. The molecule has 0 spiro atoms. The lowest BCUT2D eigenvalue weighted by Crippen LogP contribution is -2.00. The van der Waals surface area contributed by atoms with E-state index in [0.717, 1.165) is 23.1 Å². The molecule has 0 bridgehead atoms. The van der Waals surface area contributed by atoms with Crippen LogP contribution in [0.2, 0.25) is 0 Å². The molecule has 1 heteroatoms. The summed E-state index contributed by atoms with van der Waals surface area (Å²) in [6.07, 6.45) is 6.15. The van der Waals surface area contributed by atoms with E-state index in [0.29, 0.717) is 6.54 Å². The normalized spacial score (nSPS) is 9.23. The molecular formula is C12H13N. The van der Waals surface area contributed by atoms with E-state index in [1.807, 2.05) is 24.3 Å². The van der Waals surface area contributed by atoms with Crippen LogP contribution < -0.4 is 5.73 Å². The third-order valence-electron chi connectivity index (χ3n) is 1.91. The molecule has 13 heavy (non-hydrogen) atoms. The van der Waals surface area contributed by atoms with Gasteiger partial charge < -0.3 is 5.73 Å². The van der Waals surface area contributed by atoms with E-state index < -0.39 is 0 Å². The first-order chi connectivity index (χ1) is 6.29. The van der Waals surface area contributed by atoms with E-state index in [9.17, 15) is 0 Å². The van der Waals surface area contributed by atoms with Gasteiger partial charge in [0.15, 0.2) is 0 Å². The lowest BCUT2D eigenvalue weighted by molar-refractivity contribution is 1.02. The van der Waals surface area contributed by atoms with Gasteiger partial charge in [0.2, 0.25) is 0 Å². The Labute approximate surface area is 79.3 Å². The van der Waals surface area contributed by atoms with Gasteiger partial charge >= 0.3 is 0 Å². The Morgan fingerprint density at radius 1 is 1.46 bits per heavy atom. The topological polar surface area (TPSA) is 26.0 Å². The Morgan fingerprint density at radius 3 is 2.77 bits per heavy atom. The molecule has 0 unspecified atom stereocenters. The van der Waals surface area contributed by atoms with Crippen molar-refractivity contribution in [1.82, 2.24) is 0 Å². The fourth-order valence-electron chi connectivity index (χ4n) is 1.23. The van der Waals surface area contributed by atoms with Crippen LogP contribution in [-0.2, 0) is 0 Å². The zero-order valence-electron chi connectivity index (χ0n) is 7.59. The second-order valence-electron chi connectivity index (χ2n) is 2.83. The summed E-state index contributed by atoms with van der Waals surface area (Å²) in [5, 5.41) is 0. The average Bonchev–Trinajstić information content (AvgIpc) is 2.18.